The lowest BCUT2D eigenvalue weighted by Gasteiger charge is -2.16. The summed E-state index contributed by atoms with van der Waals surface area (Å²) in [6.07, 6.45) is 2.82. The van der Waals surface area contributed by atoms with Gasteiger partial charge in [0.1, 0.15) is 11.4 Å². The van der Waals surface area contributed by atoms with Crippen LogP contribution in [0.2, 0.25) is 0 Å². The molecule has 4 aromatic rings. The van der Waals surface area contributed by atoms with E-state index in [2.05, 4.69) is 45.5 Å². The molecule has 152 valence electrons. The zero-order valence-electron chi connectivity index (χ0n) is 16.5. The van der Waals surface area contributed by atoms with Crippen LogP contribution in [-0.2, 0) is 11.2 Å². The zero-order chi connectivity index (χ0) is 20.5. The van der Waals surface area contributed by atoms with E-state index in [1.807, 2.05) is 17.0 Å². The molecule has 3 aromatic heterocycles. The maximum absolute atomic E-state index is 12.5. The lowest BCUT2D eigenvalue weighted by molar-refractivity contribution is -0.127. The molecule has 1 fully saturated rings. The van der Waals surface area contributed by atoms with Gasteiger partial charge in [0.15, 0.2) is 11.6 Å². The van der Waals surface area contributed by atoms with E-state index in [-0.39, 0.29) is 11.8 Å². The van der Waals surface area contributed by atoms with E-state index in [1.165, 1.54) is 11.1 Å². The molecule has 1 amide bonds. The molecule has 5 rings (SSSR count). The number of amides is 1. The van der Waals surface area contributed by atoms with E-state index in [9.17, 15) is 4.79 Å². The third-order valence-corrected chi connectivity index (χ3v) is 5.36. The molecule has 8 heteroatoms. The quantitative estimate of drug-likeness (QED) is 0.528. The summed E-state index contributed by atoms with van der Waals surface area (Å²) in [5, 5.41) is 11.2. The summed E-state index contributed by atoms with van der Waals surface area (Å²) in [4.78, 5) is 18.9. The average molecular weight is 403 g/mol. The van der Waals surface area contributed by atoms with Crippen LogP contribution in [0.4, 0.5) is 0 Å². The van der Waals surface area contributed by atoms with Crippen molar-refractivity contribution in [1.29, 1.82) is 0 Å². The maximum atomic E-state index is 12.5. The van der Waals surface area contributed by atoms with Gasteiger partial charge in [-0.25, -0.2) is 0 Å². The normalized spacial score (nSPS) is 16.5. The smallest absolute Gasteiger partial charge is 0.275 e. The Morgan fingerprint density at radius 2 is 2.17 bits per heavy atom. The largest absolute Gasteiger partial charge is 0.463 e. The Morgan fingerprint density at radius 3 is 3.00 bits per heavy atom. The predicted molar refractivity (Wildman–Crippen MR) is 108 cm³/mol. The number of aryl methyl sites for hydroxylation is 1. The molecule has 0 spiro atoms. The molecule has 8 nitrogen and oxygen atoms in total. The minimum atomic E-state index is -0.0695. The van der Waals surface area contributed by atoms with Crippen LogP contribution in [0.15, 0.2) is 57.7 Å². The van der Waals surface area contributed by atoms with Crippen molar-refractivity contribution in [3.8, 4) is 23.0 Å². The van der Waals surface area contributed by atoms with Gasteiger partial charge in [0, 0.05) is 31.5 Å². The van der Waals surface area contributed by atoms with Gasteiger partial charge >= 0.3 is 0 Å². The summed E-state index contributed by atoms with van der Waals surface area (Å²) >= 11 is 0. The van der Waals surface area contributed by atoms with Crippen molar-refractivity contribution in [3.05, 3.63) is 65.7 Å². The molecule has 1 aromatic carbocycles. The number of H-pyrrole nitrogens is 1. The SMILES string of the molecule is Cc1cccc(CCN2CC(c3noc(-c4cc(-c5ccco5)n[nH]4)n3)CC2=O)c1. The first-order valence-corrected chi connectivity index (χ1v) is 9.92. The van der Waals surface area contributed by atoms with Gasteiger partial charge in [0.25, 0.3) is 5.89 Å². The fraction of sp³-hybridized carbons (Fsp3) is 0.273. The lowest BCUT2D eigenvalue weighted by Crippen LogP contribution is -2.27. The molecule has 0 radical (unpaired) electrons. The fourth-order valence-corrected chi connectivity index (χ4v) is 3.78. The number of furan rings is 1. The van der Waals surface area contributed by atoms with E-state index in [4.69, 9.17) is 8.94 Å². The van der Waals surface area contributed by atoms with Crippen molar-refractivity contribution in [3.63, 3.8) is 0 Å². The molecule has 30 heavy (non-hydrogen) atoms. The third kappa shape index (κ3) is 3.63. The van der Waals surface area contributed by atoms with Gasteiger partial charge in [-0.2, -0.15) is 10.1 Å². The monoisotopic (exact) mass is 403 g/mol. The molecule has 1 aliphatic heterocycles. The summed E-state index contributed by atoms with van der Waals surface area (Å²) < 4.78 is 10.8. The van der Waals surface area contributed by atoms with E-state index in [1.54, 1.807) is 18.4 Å². The van der Waals surface area contributed by atoms with Crippen molar-refractivity contribution >= 4 is 5.91 Å². The summed E-state index contributed by atoms with van der Waals surface area (Å²) in [7, 11) is 0. The molecule has 1 atom stereocenters. The number of nitrogens with zero attached hydrogens (tertiary/aromatic N) is 4. The minimum absolute atomic E-state index is 0.0695. The van der Waals surface area contributed by atoms with E-state index < -0.39 is 0 Å². The van der Waals surface area contributed by atoms with Crippen LogP contribution < -0.4 is 0 Å². The van der Waals surface area contributed by atoms with Gasteiger partial charge in [-0.3, -0.25) is 9.89 Å². The number of rotatable bonds is 6. The molecule has 0 aliphatic carbocycles. The van der Waals surface area contributed by atoms with Crippen LogP contribution in [0, 0.1) is 6.92 Å². The highest BCUT2D eigenvalue weighted by Crippen LogP contribution is 2.29. The topological polar surface area (TPSA) is 101 Å². The van der Waals surface area contributed by atoms with Gasteiger partial charge in [0.05, 0.1) is 6.26 Å². The Kier molecular flexibility index (Phi) is 4.66. The highest BCUT2D eigenvalue weighted by molar-refractivity contribution is 5.79. The summed E-state index contributed by atoms with van der Waals surface area (Å²) in [5.41, 5.74) is 3.74. The Morgan fingerprint density at radius 1 is 1.23 bits per heavy atom. The minimum Gasteiger partial charge on any atom is -0.463 e. The lowest BCUT2D eigenvalue weighted by atomic mass is 10.1. The second-order valence-electron chi connectivity index (χ2n) is 7.58. The number of aromatic amines is 1. The van der Waals surface area contributed by atoms with Crippen LogP contribution in [-0.4, -0.2) is 44.2 Å². The fourth-order valence-electron chi connectivity index (χ4n) is 3.78. The van der Waals surface area contributed by atoms with Crippen molar-refractivity contribution in [2.24, 2.45) is 0 Å². The number of carbonyl (C=O) groups is 1. The number of aromatic nitrogens is 4. The van der Waals surface area contributed by atoms with E-state index in [0.717, 1.165) is 6.42 Å². The summed E-state index contributed by atoms with van der Waals surface area (Å²) in [6.45, 7) is 3.37. The molecule has 0 saturated carbocycles. The Balaban J connectivity index is 1.25. The van der Waals surface area contributed by atoms with Crippen LogP contribution in [0.3, 0.4) is 0 Å². The first-order chi connectivity index (χ1) is 14.7. The van der Waals surface area contributed by atoms with Crippen molar-refractivity contribution < 1.29 is 13.7 Å². The Labute approximate surface area is 172 Å². The van der Waals surface area contributed by atoms with Crippen LogP contribution in [0.25, 0.3) is 23.0 Å². The predicted octanol–water partition coefficient (Wildman–Crippen LogP) is 3.59. The first kappa shape index (κ1) is 18.4. The van der Waals surface area contributed by atoms with Crippen molar-refractivity contribution in [1.82, 2.24) is 25.2 Å². The molecule has 1 N–H and O–H groups in total. The van der Waals surface area contributed by atoms with Crippen LogP contribution in [0.1, 0.15) is 29.3 Å². The number of likely N-dealkylation sites (tertiary alicyclic amines) is 1. The number of carbonyl (C=O) groups excluding carboxylic acids is 1. The molecule has 1 saturated heterocycles. The maximum Gasteiger partial charge on any atom is 0.275 e. The van der Waals surface area contributed by atoms with Crippen molar-refractivity contribution in [2.75, 3.05) is 13.1 Å². The number of benzene rings is 1. The van der Waals surface area contributed by atoms with Gasteiger partial charge in [-0.1, -0.05) is 35.0 Å². The average Bonchev–Trinajstić information content (AvgIpc) is 3.52. The second kappa shape index (κ2) is 7.62. The third-order valence-electron chi connectivity index (χ3n) is 5.36. The highest BCUT2D eigenvalue weighted by atomic mass is 16.5. The highest BCUT2D eigenvalue weighted by Gasteiger charge is 2.33. The van der Waals surface area contributed by atoms with Crippen LogP contribution in [0.5, 0.6) is 0 Å². The molecule has 1 aliphatic rings. The van der Waals surface area contributed by atoms with Crippen molar-refractivity contribution in [2.45, 2.75) is 25.7 Å². The van der Waals surface area contributed by atoms with Gasteiger partial charge in [-0.05, 0) is 31.0 Å². The molecule has 4 heterocycles. The molecule has 0 bridgehead atoms. The number of hydrogen-bond donors (Lipinski definition) is 1. The van der Waals surface area contributed by atoms with Gasteiger partial charge in [-0.15, -0.1) is 0 Å². The molecular weight excluding hydrogens is 382 g/mol. The summed E-state index contributed by atoms with van der Waals surface area (Å²) in [6, 6.07) is 13.8. The molecule has 1 unspecified atom stereocenters. The number of nitrogens with one attached hydrogen (secondary N) is 1. The molecular formula is C22H21N5O3. The zero-order valence-corrected chi connectivity index (χ0v) is 16.5. The van der Waals surface area contributed by atoms with Crippen LogP contribution >= 0.6 is 0 Å². The Hall–Kier alpha value is -3.68. The Bertz CT molecular complexity index is 1160. The number of hydrogen-bond acceptors (Lipinski definition) is 6. The van der Waals surface area contributed by atoms with Gasteiger partial charge < -0.3 is 13.8 Å². The van der Waals surface area contributed by atoms with E-state index >= 15 is 0 Å². The second-order valence-corrected chi connectivity index (χ2v) is 7.58. The first-order valence-electron chi connectivity index (χ1n) is 9.92. The standard InChI is InChI=1S/C22H21N5O3/c1-14-4-2-5-15(10-14)7-8-27-13-16(11-20(27)28)21-23-22(30-26-21)18-12-17(24-25-18)19-6-3-9-29-19/h2-6,9-10,12,16H,7-8,11,13H2,1H3,(H,24,25). The summed E-state index contributed by atoms with van der Waals surface area (Å²) in [5.74, 6) is 1.61. The van der Waals surface area contributed by atoms with E-state index in [0.29, 0.717) is 48.4 Å². The van der Waals surface area contributed by atoms with Gasteiger partial charge in [0.2, 0.25) is 5.91 Å².